The Morgan fingerprint density at radius 1 is 0.960 bits per heavy atom. The molecule has 0 aromatic heterocycles. The largest absolute Gasteiger partial charge is 0.376 e. The first-order chi connectivity index (χ1) is 11.8. The number of aryl methyl sites for hydroxylation is 3. The second-order valence-electron chi connectivity index (χ2n) is 5.96. The van der Waals surface area contributed by atoms with E-state index in [1.54, 1.807) is 12.1 Å². The lowest BCUT2D eigenvalue weighted by Gasteiger charge is -2.13. The smallest absolute Gasteiger partial charge is 0.243 e. The molecular weight excluding hydrogens is 321 g/mol. The Hall–Kier alpha value is -2.89. The molecule has 3 N–H and O–H groups in total. The number of nitrogens with one attached hydrogen (secondary N) is 3. The lowest BCUT2D eigenvalue weighted by Crippen LogP contribution is -2.36. The highest BCUT2D eigenvalue weighted by Gasteiger charge is 2.10. The van der Waals surface area contributed by atoms with Crippen LogP contribution in [0.1, 0.15) is 16.7 Å². The third-order valence-electron chi connectivity index (χ3n) is 3.67. The number of hydrogen-bond acceptors (Lipinski definition) is 3. The maximum Gasteiger partial charge on any atom is 0.243 e. The second-order valence-corrected chi connectivity index (χ2v) is 5.96. The molecule has 0 saturated heterocycles. The molecule has 0 unspecified atom stereocenters. The van der Waals surface area contributed by atoms with E-state index in [1.165, 1.54) is 12.1 Å². The predicted molar refractivity (Wildman–Crippen MR) is 97.2 cm³/mol. The maximum atomic E-state index is 13.0. The van der Waals surface area contributed by atoms with E-state index in [2.05, 4.69) is 16.0 Å². The Balaban J connectivity index is 1.81. The number of rotatable bonds is 6. The van der Waals surface area contributed by atoms with Gasteiger partial charge in [-0.05, 0) is 50.1 Å². The van der Waals surface area contributed by atoms with E-state index in [4.69, 9.17) is 0 Å². The maximum absolute atomic E-state index is 13.0. The van der Waals surface area contributed by atoms with Crippen molar-refractivity contribution in [3.63, 3.8) is 0 Å². The lowest BCUT2D eigenvalue weighted by molar-refractivity contribution is -0.122. The molecule has 0 fully saturated rings. The first-order valence-electron chi connectivity index (χ1n) is 7.99. The van der Waals surface area contributed by atoms with E-state index in [9.17, 15) is 14.0 Å². The van der Waals surface area contributed by atoms with Gasteiger partial charge in [0.15, 0.2) is 0 Å². The van der Waals surface area contributed by atoms with Crippen LogP contribution in [0.3, 0.4) is 0 Å². The third-order valence-corrected chi connectivity index (χ3v) is 3.67. The summed E-state index contributed by atoms with van der Waals surface area (Å²) in [6.07, 6.45) is 0. The van der Waals surface area contributed by atoms with Gasteiger partial charge < -0.3 is 16.0 Å². The minimum Gasteiger partial charge on any atom is -0.376 e. The lowest BCUT2D eigenvalue weighted by atomic mass is 10.1. The van der Waals surface area contributed by atoms with E-state index in [-0.39, 0.29) is 30.7 Å². The zero-order valence-electron chi connectivity index (χ0n) is 14.6. The number of benzene rings is 2. The van der Waals surface area contributed by atoms with Crippen LogP contribution in [0.15, 0.2) is 36.4 Å². The fourth-order valence-corrected chi connectivity index (χ4v) is 2.58. The van der Waals surface area contributed by atoms with Gasteiger partial charge in [0.05, 0.1) is 13.1 Å². The van der Waals surface area contributed by atoms with Crippen LogP contribution in [-0.2, 0) is 9.59 Å². The standard InChI is InChI=1S/C19H22FN3O2/c1-12-7-13(2)19(14(3)8-12)23-18(25)11-22-17(24)10-21-16-6-4-5-15(20)9-16/h4-9,21H,10-11H2,1-3H3,(H,22,24)(H,23,25). The second kappa shape index (κ2) is 8.28. The number of halogens is 1. The number of anilines is 2. The van der Waals surface area contributed by atoms with Crippen LogP contribution in [0.25, 0.3) is 0 Å². The van der Waals surface area contributed by atoms with Gasteiger partial charge in [0.1, 0.15) is 5.82 Å². The number of carbonyl (C=O) groups excluding carboxylic acids is 2. The van der Waals surface area contributed by atoms with Gasteiger partial charge in [-0.2, -0.15) is 0 Å². The summed E-state index contributed by atoms with van der Waals surface area (Å²) >= 11 is 0. The van der Waals surface area contributed by atoms with Crippen molar-refractivity contribution in [2.45, 2.75) is 20.8 Å². The average Bonchev–Trinajstić information content (AvgIpc) is 2.54. The Kier molecular flexibility index (Phi) is 6.11. The molecule has 0 radical (unpaired) electrons. The average molecular weight is 343 g/mol. The topological polar surface area (TPSA) is 70.2 Å². The Labute approximate surface area is 146 Å². The van der Waals surface area contributed by atoms with Gasteiger partial charge in [-0.3, -0.25) is 9.59 Å². The summed E-state index contributed by atoms with van der Waals surface area (Å²) in [6.45, 7) is 5.68. The molecule has 132 valence electrons. The summed E-state index contributed by atoms with van der Waals surface area (Å²) in [6, 6.07) is 9.81. The van der Waals surface area contributed by atoms with Crippen LogP contribution in [0.5, 0.6) is 0 Å². The molecule has 2 aromatic carbocycles. The highest BCUT2D eigenvalue weighted by Crippen LogP contribution is 2.21. The Morgan fingerprint density at radius 3 is 2.28 bits per heavy atom. The van der Waals surface area contributed by atoms with Crippen molar-refractivity contribution in [3.05, 3.63) is 58.9 Å². The molecule has 2 rings (SSSR count). The quantitative estimate of drug-likeness (QED) is 0.755. The van der Waals surface area contributed by atoms with Gasteiger partial charge in [-0.15, -0.1) is 0 Å². The summed E-state index contributed by atoms with van der Waals surface area (Å²) in [4.78, 5) is 23.8. The van der Waals surface area contributed by atoms with Gasteiger partial charge in [0.2, 0.25) is 11.8 Å². The molecule has 2 amide bonds. The van der Waals surface area contributed by atoms with Gasteiger partial charge >= 0.3 is 0 Å². The summed E-state index contributed by atoms with van der Waals surface area (Å²) < 4.78 is 13.0. The van der Waals surface area contributed by atoms with Crippen LogP contribution in [0.4, 0.5) is 15.8 Å². The predicted octanol–water partition coefficient (Wildman–Crippen LogP) is 2.92. The van der Waals surface area contributed by atoms with E-state index in [0.717, 1.165) is 22.4 Å². The van der Waals surface area contributed by atoms with E-state index in [1.807, 2.05) is 32.9 Å². The number of carbonyl (C=O) groups is 2. The molecule has 0 aliphatic carbocycles. The molecule has 0 saturated carbocycles. The first-order valence-corrected chi connectivity index (χ1v) is 7.99. The van der Waals surface area contributed by atoms with Gasteiger partial charge in [0, 0.05) is 11.4 Å². The van der Waals surface area contributed by atoms with E-state index >= 15 is 0 Å². The van der Waals surface area contributed by atoms with Crippen LogP contribution in [0.2, 0.25) is 0 Å². The molecule has 0 aliphatic heterocycles. The van der Waals surface area contributed by atoms with Gasteiger partial charge in [-0.25, -0.2) is 4.39 Å². The van der Waals surface area contributed by atoms with Gasteiger partial charge in [0.25, 0.3) is 0 Å². The molecule has 25 heavy (non-hydrogen) atoms. The van der Waals surface area contributed by atoms with E-state index < -0.39 is 0 Å². The van der Waals surface area contributed by atoms with Crippen LogP contribution >= 0.6 is 0 Å². The van der Waals surface area contributed by atoms with Crippen molar-refractivity contribution in [1.82, 2.24) is 5.32 Å². The normalized spacial score (nSPS) is 10.2. The molecule has 0 bridgehead atoms. The summed E-state index contributed by atoms with van der Waals surface area (Å²) in [5, 5.41) is 8.15. The van der Waals surface area contributed by atoms with Crippen molar-refractivity contribution in [1.29, 1.82) is 0 Å². The van der Waals surface area contributed by atoms with Gasteiger partial charge in [-0.1, -0.05) is 23.8 Å². The van der Waals surface area contributed by atoms with Crippen molar-refractivity contribution >= 4 is 23.2 Å². The fraction of sp³-hybridized carbons (Fsp3) is 0.263. The monoisotopic (exact) mass is 343 g/mol. The fourth-order valence-electron chi connectivity index (χ4n) is 2.58. The van der Waals surface area contributed by atoms with Crippen LogP contribution < -0.4 is 16.0 Å². The van der Waals surface area contributed by atoms with E-state index in [0.29, 0.717) is 5.69 Å². The number of amides is 2. The van der Waals surface area contributed by atoms with Crippen LogP contribution in [0, 0.1) is 26.6 Å². The molecule has 5 nitrogen and oxygen atoms in total. The van der Waals surface area contributed by atoms with Crippen LogP contribution in [-0.4, -0.2) is 24.9 Å². The van der Waals surface area contributed by atoms with Crippen molar-refractivity contribution < 1.29 is 14.0 Å². The molecule has 0 aliphatic rings. The summed E-state index contributed by atoms with van der Waals surface area (Å²) in [5.41, 5.74) is 4.35. The zero-order valence-corrected chi connectivity index (χ0v) is 14.6. The molecule has 0 atom stereocenters. The SMILES string of the molecule is Cc1cc(C)c(NC(=O)CNC(=O)CNc2cccc(F)c2)c(C)c1. The van der Waals surface area contributed by atoms with Crippen molar-refractivity contribution in [2.75, 3.05) is 23.7 Å². The summed E-state index contributed by atoms with van der Waals surface area (Å²) in [5.74, 6) is -1.03. The highest BCUT2D eigenvalue weighted by molar-refractivity contribution is 5.96. The molecule has 2 aromatic rings. The van der Waals surface area contributed by atoms with Crippen molar-refractivity contribution in [2.24, 2.45) is 0 Å². The minimum absolute atomic E-state index is 0.0423. The Bertz CT molecular complexity index is 767. The Morgan fingerprint density at radius 2 is 1.64 bits per heavy atom. The third kappa shape index (κ3) is 5.60. The summed E-state index contributed by atoms with van der Waals surface area (Å²) in [7, 11) is 0. The number of hydrogen-bond donors (Lipinski definition) is 3. The molecule has 0 heterocycles. The highest BCUT2D eigenvalue weighted by atomic mass is 19.1. The zero-order chi connectivity index (χ0) is 18.4. The first kappa shape index (κ1) is 18.4. The van der Waals surface area contributed by atoms with Crippen molar-refractivity contribution in [3.8, 4) is 0 Å². The molecule has 0 spiro atoms. The minimum atomic E-state index is -0.381. The molecular formula is C19H22FN3O2. The molecule has 6 heteroatoms.